The molecule has 94 valence electrons. The van der Waals surface area contributed by atoms with Crippen LogP contribution < -0.4 is 5.32 Å². The van der Waals surface area contributed by atoms with Crippen LogP contribution in [0.3, 0.4) is 0 Å². The highest BCUT2D eigenvalue weighted by molar-refractivity contribution is 6.41. The smallest absolute Gasteiger partial charge is 0.0722 e. The molecule has 0 bridgehead atoms. The van der Waals surface area contributed by atoms with Gasteiger partial charge in [0.1, 0.15) is 0 Å². The highest BCUT2D eigenvalue weighted by Gasteiger charge is 2.18. The Balaban J connectivity index is 2.08. The minimum atomic E-state index is 0.433. The Morgan fingerprint density at radius 1 is 1.12 bits per heavy atom. The van der Waals surface area contributed by atoms with Crippen molar-refractivity contribution in [2.24, 2.45) is 0 Å². The normalized spacial score (nSPS) is 18.4. The van der Waals surface area contributed by atoms with Gasteiger partial charge in [-0.25, -0.2) is 0 Å². The van der Waals surface area contributed by atoms with Crippen molar-refractivity contribution in [2.75, 3.05) is 25.5 Å². The highest BCUT2D eigenvalue weighted by atomic mass is 35.5. The van der Waals surface area contributed by atoms with Gasteiger partial charge in [0.05, 0.1) is 15.7 Å². The molecular weight excluding hydrogens is 279 g/mol. The molecule has 1 aromatic carbocycles. The van der Waals surface area contributed by atoms with Crippen molar-refractivity contribution in [3.8, 4) is 0 Å². The number of hydrogen-bond acceptors (Lipinski definition) is 2. The second-order valence-electron chi connectivity index (χ2n) is 4.47. The Hall–Kier alpha value is -0.150. The minimum absolute atomic E-state index is 0.433. The van der Waals surface area contributed by atoms with E-state index in [1.165, 1.54) is 0 Å². The number of halogens is 3. The van der Waals surface area contributed by atoms with Gasteiger partial charge in [-0.2, -0.15) is 0 Å². The molecule has 5 heteroatoms. The predicted octanol–water partition coefficient (Wildman–Crippen LogP) is 4.15. The number of hydrogen-bond donors (Lipinski definition) is 1. The summed E-state index contributed by atoms with van der Waals surface area (Å²) in [6, 6.07) is 3.86. The number of likely N-dealkylation sites (tertiary alicyclic amines) is 1. The first-order chi connectivity index (χ1) is 8.06. The predicted molar refractivity (Wildman–Crippen MR) is 75.6 cm³/mol. The zero-order valence-corrected chi connectivity index (χ0v) is 11.9. The van der Waals surface area contributed by atoms with Gasteiger partial charge in [-0.05, 0) is 45.1 Å². The number of nitrogens with zero attached hydrogens (tertiary/aromatic N) is 1. The van der Waals surface area contributed by atoms with E-state index in [9.17, 15) is 0 Å². The SMILES string of the molecule is CN1CCC(Nc2c(Cl)cc(Cl)cc2Cl)CC1. The maximum absolute atomic E-state index is 6.14. The summed E-state index contributed by atoms with van der Waals surface area (Å²) in [7, 11) is 2.14. The molecule has 2 rings (SSSR count). The van der Waals surface area contributed by atoms with Gasteiger partial charge in [-0.1, -0.05) is 34.8 Å². The molecule has 0 aromatic heterocycles. The van der Waals surface area contributed by atoms with Crippen LogP contribution in [-0.2, 0) is 0 Å². The lowest BCUT2D eigenvalue weighted by molar-refractivity contribution is 0.264. The fraction of sp³-hybridized carbons (Fsp3) is 0.500. The van der Waals surface area contributed by atoms with Crippen molar-refractivity contribution in [1.82, 2.24) is 4.90 Å². The summed E-state index contributed by atoms with van der Waals surface area (Å²) in [5.74, 6) is 0. The van der Waals surface area contributed by atoms with Gasteiger partial charge >= 0.3 is 0 Å². The van der Waals surface area contributed by atoms with Gasteiger partial charge in [0.25, 0.3) is 0 Å². The van der Waals surface area contributed by atoms with E-state index in [1.807, 2.05) is 0 Å². The van der Waals surface area contributed by atoms with Crippen LogP contribution in [0.1, 0.15) is 12.8 Å². The molecule has 1 saturated heterocycles. The maximum atomic E-state index is 6.14. The second-order valence-corrected chi connectivity index (χ2v) is 5.72. The average Bonchev–Trinajstić information content (AvgIpc) is 2.26. The molecule has 0 unspecified atom stereocenters. The van der Waals surface area contributed by atoms with Crippen molar-refractivity contribution in [3.63, 3.8) is 0 Å². The monoisotopic (exact) mass is 292 g/mol. The molecule has 0 amide bonds. The summed E-state index contributed by atoms with van der Waals surface area (Å²) in [5.41, 5.74) is 0.798. The van der Waals surface area contributed by atoms with Crippen molar-refractivity contribution in [3.05, 3.63) is 27.2 Å². The molecule has 1 aliphatic rings. The van der Waals surface area contributed by atoms with Crippen LogP contribution in [0.4, 0.5) is 5.69 Å². The minimum Gasteiger partial charge on any atom is -0.380 e. The Bertz CT molecular complexity index is 378. The van der Waals surface area contributed by atoms with Crippen LogP contribution in [0.2, 0.25) is 15.1 Å². The number of benzene rings is 1. The third-order valence-corrected chi connectivity index (χ3v) is 3.89. The fourth-order valence-corrected chi connectivity index (χ4v) is 2.96. The van der Waals surface area contributed by atoms with Crippen molar-refractivity contribution >= 4 is 40.5 Å². The van der Waals surface area contributed by atoms with E-state index in [-0.39, 0.29) is 0 Å². The van der Waals surface area contributed by atoms with Crippen molar-refractivity contribution in [1.29, 1.82) is 0 Å². The summed E-state index contributed by atoms with van der Waals surface area (Å²) < 4.78 is 0. The van der Waals surface area contributed by atoms with Crippen LogP contribution in [0.15, 0.2) is 12.1 Å². The van der Waals surface area contributed by atoms with E-state index in [1.54, 1.807) is 12.1 Å². The fourth-order valence-electron chi connectivity index (χ4n) is 2.04. The van der Waals surface area contributed by atoms with E-state index >= 15 is 0 Å². The van der Waals surface area contributed by atoms with Gasteiger partial charge < -0.3 is 10.2 Å². The van der Waals surface area contributed by atoms with Crippen LogP contribution in [0.5, 0.6) is 0 Å². The number of rotatable bonds is 2. The lowest BCUT2D eigenvalue weighted by Gasteiger charge is -2.30. The number of piperidine rings is 1. The van der Waals surface area contributed by atoms with E-state index in [0.717, 1.165) is 31.6 Å². The van der Waals surface area contributed by atoms with Crippen LogP contribution >= 0.6 is 34.8 Å². The Labute approximate surface area is 117 Å². The van der Waals surface area contributed by atoms with E-state index in [2.05, 4.69) is 17.3 Å². The topological polar surface area (TPSA) is 15.3 Å². The largest absolute Gasteiger partial charge is 0.380 e. The van der Waals surface area contributed by atoms with E-state index in [4.69, 9.17) is 34.8 Å². The molecule has 0 aliphatic carbocycles. The number of nitrogens with one attached hydrogen (secondary N) is 1. The number of anilines is 1. The van der Waals surface area contributed by atoms with Crippen LogP contribution in [0, 0.1) is 0 Å². The van der Waals surface area contributed by atoms with Gasteiger partial charge in [0.2, 0.25) is 0 Å². The maximum Gasteiger partial charge on any atom is 0.0722 e. The molecule has 17 heavy (non-hydrogen) atoms. The van der Waals surface area contributed by atoms with Crippen molar-refractivity contribution < 1.29 is 0 Å². The lowest BCUT2D eigenvalue weighted by Crippen LogP contribution is -2.36. The third-order valence-electron chi connectivity index (χ3n) is 3.07. The van der Waals surface area contributed by atoms with Crippen molar-refractivity contribution in [2.45, 2.75) is 18.9 Å². The van der Waals surface area contributed by atoms with Gasteiger partial charge in [-0.3, -0.25) is 0 Å². The summed E-state index contributed by atoms with van der Waals surface area (Å²) in [4.78, 5) is 2.32. The first-order valence-electron chi connectivity index (χ1n) is 5.66. The van der Waals surface area contributed by atoms with Crippen LogP contribution in [0.25, 0.3) is 0 Å². The lowest BCUT2D eigenvalue weighted by atomic mass is 10.1. The molecule has 0 spiro atoms. The third kappa shape index (κ3) is 3.41. The summed E-state index contributed by atoms with van der Waals surface area (Å²) >= 11 is 18.2. The summed E-state index contributed by atoms with van der Waals surface area (Å²) in [6.45, 7) is 2.20. The van der Waals surface area contributed by atoms with Gasteiger partial charge in [-0.15, -0.1) is 0 Å². The zero-order valence-electron chi connectivity index (χ0n) is 9.64. The Morgan fingerprint density at radius 2 is 1.65 bits per heavy atom. The van der Waals surface area contributed by atoms with Crippen LogP contribution in [-0.4, -0.2) is 31.1 Å². The first-order valence-corrected chi connectivity index (χ1v) is 6.79. The highest BCUT2D eigenvalue weighted by Crippen LogP contribution is 2.34. The first kappa shape index (κ1) is 13.3. The molecular formula is C12H15Cl3N2. The molecule has 0 radical (unpaired) electrons. The molecule has 1 fully saturated rings. The Morgan fingerprint density at radius 3 is 2.18 bits per heavy atom. The standard InChI is InChI=1S/C12H15Cl3N2/c1-17-4-2-9(3-5-17)16-12-10(14)6-8(13)7-11(12)15/h6-7,9,16H,2-5H2,1H3. The summed E-state index contributed by atoms with van der Waals surface area (Å²) in [6.07, 6.45) is 2.21. The van der Waals surface area contributed by atoms with Gasteiger partial charge in [0.15, 0.2) is 0 Å². The zero-order chi connectivity index (χ0) is 12.4. The molecule has 1 heterocycles. The molecule has 1 aliphatic heterocycles. The second kappa shape index (κ2) is 5.66. The van der Waals surface area contributed by atoms with E-state index in [0.29, 0.717) is 21.1 Å². The molecule has 1 N–H and O–H groups in total. The molecule has 0 saturated carbocycles. The molecule has 0 atom stereocenters. The average molecular weight is 294 g/mol. The quantitative estimate of drug-likeness (QED) is 0.881. The van der Waals surface area contributed by atoms with E-state index < -0.39 is 0 Å². The van der Waals surface area contributed by atoms with Gasteiger partial charge in [0, 0.05) is 11.1 Å². The Kier molecular flexibility index (Phi) is 4.42. The molecule has 2 nitrogen and oxygen atoms in total. The molecule has 1 aromatic rings. The summed E-state index contributed by atoms with van der Waals surface area (Å²) in [5, 5.41) is 5.15.